The van der Waals surface area contributed by atoms with Gasteiger partial charge in [0.15, 0.2) is 5.69 Å². The van der Waals surface area contributed by atoms with Gasteiger partial charge in [-0.3, -0.25) is 14.3 Å². The summed E-state index contributed by atoms with van der Waals surface area (Å²) in [6.45, 7) is 1.93. The molecule has 1 fully saturated rings. The molecule has 1 aromatic heterocycles. The molecule has 1 aromatic carbocycles. The zero-order chi connectivity index (χ0) is 17.9. The number of piperidine rings is 1. The Balaban J connectivity index is 1.46. The third-order valence-electron chi connectivity index (χ3n) is 4.97. The summed E-state index contributed by atoms with van der Waals surface area (Å²) in [6, 6.07) is 7.65. The largest absolute Gasteiger partial charge is 0.326 e. The van der Waals surface area contributed by atoms with Crippen LogP contribution in [0.2, 0.25) is 0 Å². The lowest BCUT2D eigenvalue weighted by Crippen LogP contribution is -2.32. The van der Waals surface area contributed by atoms with Gasteiger partial charge >= 0.3 is 0 Å². The third kappa shape index (κ3) is 3.62. The molecule has 0 aliphatic carbocycles. The molecule has 4 rings (SSSR count). The number of nitrogens with one attached hydrogen (secondary N) is 3. The van der Waals surface area contributed by atoms with Crippen LogP contribution >= 0.6 is 0 Å². The highest BCUT2D eigenvalue weighted by Crippen LogP contribution is 2.25. The molecular formula is C19H23N5O2. The van der Waals surface area contributed by atoms with E-state index in [1.165, 1.54) is 0 Å². The first-order valence-electron chi connectivity index (χ1n) is 9.19. The molecule has 0 spiro atoms. The lowest BCUT2D eigenvalue weighted by molar-refractivity contribution is -0.116. The molecule has 0 radical (unpaired) electrons. The van der Waals surface area contributed by atoms with Crippen LogP contribution in [0.15, 0.2) is 30.5 Å². The van der Waals surface area contributed by atoms with E-state index >= 15 is 0 Å². The Labute approximate surface area is 152 Å². The molecule has 3 heterocycles. The van der Waals surface area contributed by atoms with Crippen LogP contribution in [0.25, 0.3) is 0 Å². The van der Waals surface area contributed by atoms with Gasteiger partial charge in [0.1, 0.15) is 0 Å². The van der Waals surface area contributed by atoms with Crippen molar-refractivity contribution in [3.63, 3.8) is 0 Å². The van der Waals surface area contributed by atoms with Crippen LogP contribution in [0, 0.1) is 0 Å². The van der Waals surface area contributed by atoms with Crippen LogP contribution in [-0.4, -0.2) is 34.7 Å². The van der Waals surface area contributed by atoms with Gasteiger partial charge in [-0.05, 0) is 62.1 Å². The summed E-state index contributed by atoms with van der Waals surface area (Å²) in [7, 11) is 0. The number of carbonyl (C=O) groups excluding carboxylic acids is 2. The van der Waals surface area contributed by atoms with Gasteiger partial charge in [0.2, 0.25) is 5.91 Å². The van der Waals surface area contributed by atoms with Gasteiger partial charge < -0.3 is 16.0 Å². The topological polar surface area (TPSA) is 88.1 Å². The quantitative estimate of drug-likeness (QED) is 0.790. The molecule has 7 heteroatoms. The van der Waals surface area contributed by atoms with E-state index in [1.807, 2.05) is 29.1 Å². The Morgan fingerprint density at radius 2 is 2.15 bits per heavy atom. The van der Waals surface area contributed by atoms with E-state index in [9.17, 15) is 9.59 Å². The Morgan fingerprint density at radius 1 is 1.23 bits per heavy atom. The molecule has 0 bridgehead atoms. The number of aromatic nitrogens is 2. The molecule has 2 aliphatic heterocycles. The third-order valence-corrected chi connectivity index (χ3v) is 4.97. The van der Waals surface area contributed by atoms with Crippen molar-refractivity contribution in [2.75, 3.05) is 23.7 Å². The number of rotatable bonds is 3. The van der Waals surface area contributed by atoms with Crippen LogP contribution in [0.3, 0.4) is 0 Å². The number of nitrogens with zero attached hydrogens (tertiary/aromatic N) is 2. The highest BCUT2D eigenvalue weighted by molar-refractivity contribution is 6.03. The molecule has 2 aromatic rings. The number of amides is 2. The van der Waals surface area contributed by atoms with Crippen molar-refractivity contribution >= 4 is 23.2 Å². The lowest BCUT2D eigenvalue weighted by atomic mass is 10.1. The van der Waals surface area contributed by atoms with Crippen molar-refractivity contribution in [1.29, 1.82) is 0 Å². The first kappa shape index (κ1) is 16.8. The SMILES string of the molecule is O=C1CCCc2cc(NC(=O)c3ccn(C4CCCNC4)n3)ccc2N1. The highest BCUT2D eigenvalue weighted by atomic mass is 16.2. The van der Waals surface area contributed by atoms with E-state index in [1.54, 1.807) is 6.07 Å². The second kappa shape index (κ2) is 7.29. The van der Waals surface area contributed by atoms with Crippen molar-refractivity contribution in [2.45, 2.75) is 38.1 Å². The molecule has 1 saturated heterocycles. The Morgan fingerprint density at radius 3 is 3.00 bits per heavy atom. The molecule has 26 heavy (non-hydrogen) atoms. The fourth-order valence-electron chi connectivity index (χ4n) is 3.57. The normalized spacial score (nSPS) is 20.0. The van der Waals surface area contributed by atoms with Crippen LogP contribution in [0.1, 0.15) is 47.8 Å². The first-order valence-corrected chi connectivity index (χ1v) is 9.19. The van der Waals surface area contributed by atoms with E-state index in [2.05, 4.69) is 21.0 Å². The highest BCUT2D eigenvalue weighted by Gasteiger charge is 2.18. The standard InChI is InChI=1S/C19H23N5O2/c25-18-5-1-3-13-11-14(6-7-16(13)22-18)21-19(26)17-8-10-24(23-17)15-4-2-9-20-12-15/h6-8,10-11,15,20H,1-5,9,12H2,(H,21,26)(H,22,25). The van der Waals surface area contributed by atoms with Crippen LogP contribution in [0.4, 0.5) is 11.4 Å². The van der Waals surface area contributed by atoms with Gasteiger partial charge in [0.05, 0.1) is 6.04 Å². The monoisotopic (exact) mass is 353 g/mol. The number of hydrogen-bond acceptors (Lipinski definition) is 4. The van der Waals surface area contributed by atoms with E-state index in [0.29, 0.717) is 18.2 Å². The average molecular weight is 353 g/mol. The van der Waals surface area contributed by atoms with E-state index in [4.69, 9.17) is 0 Å². The van der Waals surface area contributed by atoms with E-state index in [0.717, 1.165) is 55.7 Å². The summed E-state index contributed by atoms with van der Waals surface area (Å²) in [6.07, 6.45) is 6.24. The van der Waals surface area contributed by atoms with Crippen LogP contribution in [0.5, 0.6) is 0 Å². The zero-order valence-electron chi connectivity index (χ0n) is 14.6. The van der Waals surface area contributed by atoms with Gasteiger partial charge in [-0.2, -0.15) is 5.10 Å². The minimum atomic E-state index is -0.217. The predicted molar refractivity (Wildman–Crippen MR) is 99.3 cm³/mol. The maximum Gasteiger partial charge on any atom is 0.276 e. The second-order valence-electron chi connectivity index (χ2n) is 6.91. The maximum atomic E-state index is 12.5. The number of anilines is 2. The molecule has 2 amide bonds. The van der Waals surface area contributed by atoms with E-state index < -0.39 is 0 Å². The number of carbonyl (C=O) groups is 2. The van der Waals surface area contributed by atoms with Gasteiger partial charge in [0, 0.05) is 30.5 Å². The molecule has 1 unspecified atom stereocenters. The summed E-state index contributed by atoms with van der Waals surface area (Å²) in [5.74, 6) is -0.173. The minimum Gasteiger partial charge on any atom is -0.326 e. The fraction of sp³-hybridized carbons (Fsp3) is 0.421. The number of fused-ring (bicyclic) bond motifs is 1. The van der Waals surface area contributed by atoms with Gasteiger partial charge in [-0.1, -0.05) is 0 Å². The van der Waals surface area contributed by atoms with Gasteiger partial charge in [0.25, 0.3) is 5.91 Å². The average Bonchev–Trinajstić information content (AvgIpc) is 3.07. The predicted octanol–water partition coefficient (Wildman–Crippen LogP) is 2.33. The molecule has 3 N–H and O–H groups in total. The second-order valence-corrected chi connectivity index (χ2v) is 6.91. The van der Waals surface area contributed by atoms with E-state index in [-0.39, 0.29) is 11.8 Å². The maximum absolute atomic E-state index is 12.5. The zero-order valence-corrected chi connectivity index (χ0v) is 14.6. The molecule has 136 valence electrons. The molecule has 7 nitrogen and oxygen atoms in total. The molecule has 2 aliphatic rings. The Kier molecular flexibility index (Phi) is 4.71. The summed E-state index contributed by atoms with van der Waals surface area (Å²) in [4.78, 5) is 24.2. The Hall–Kier alpha value is -2.67. The molecular weight excluding hydrogens is 330 g/mol. The van der Waals surface area contributed by atoms with Crippen molar-refractivity contribution in [1.82, 2.24) is 15.1 Å². The fourth-order valence-corrected chi connectivity index (χ4v) is 3.57. The van der Waals surface area contributed by atoms with Crippen molar-refractivity contribution < 1.29 is 9.59 Å². The number of benzene rings is 1. The summed E-state index contributed by atoms with van der Waals surface area (Å²) in [5.41, 5.74) is 3.02. The minimum absolute atomic E-state index is 0.0447. The number of aryl methyl sites for hydroxylation is 1. The molecule has 1 atom stereocenters. The molecule has 0 saturated carbocycles. The van der Waals surface area contributed by atoms with Crippen molar-refractivity contribution in [3.05, 3.63) is 41.7 Å². The first-order chi connectivity index (χ1) is 12.7. The Bertz CT molecular complexity index is 823. The van der Waals surface area contributed by atoms with Crippen molar-refractivity contribution in [3.8, 4) is 0 Å². The van der Waals surface area contributed by atoms with Crippen LogP contribution < -0.4 is 16.0 Å². The summed E-state index contributed by atoms with van der Waals surface area (Å²) >= 11 is 0. The summed E-state index contributed by atoms with van der Waals surface area (Å²) in [5, 5.41) is 13.6. The van der Waals surface area contributed by atoms with Crippen LogP contribution in [-0.2, 0) is 11.2 Å². The van der Waals surface area contributed by atoms with Gasteiger partial charge in [-0.15, -0.1) is 0 Å². The lowest BCUT2D eigenvalue weighted by Gasteiger charge is -2.22. The number of hydrogen-bond donors (Lipinski definition) is 3. The summed E-state index contributed by atoms with van der Waals surface area (Å²) < 4.78 is 1.88. The van der Waals surface area contributed by atoms with Gasteiger partial charge in [-0.25, -0.2) is 0 Å². The smallest absolute Gasteiger partial charge is 0.276 e. The van der Waals surface area contributed by atoms with Crippen molar-refractivity contribution in [2.24, 2.45) is 0 Å².